The van der Waals surface area contributed by atoms with Crippen LogP contribution < -0.4 is 5.32 Å². The van der Waals surface area contributed by atoms with Crippen molar-refractivity contribution in [3.63, 3.8) is 0 Å². The predicted octanol–water partition coefficient (Wildman–Crippen LogP) is 4.98. The molecule has 0 atom stereocenters. The largest absolute Gasteiger partial charge is 0.325 e. The molecule has 0 unspecified atom stereocenters. The summed E-state index contributed by atoms with van der Waals surface area (Å²) >= 11 is 7.47. The second-order valence-electron chi connectivity index (χ2n) is 5.01. The van der Waals surface area contributed by atoms with E-state index in [2.05, 4.69) is 10.3 Å². The van der Waals surface area contributed by atoms with Gasteiger partial charge in [0, 0.05) is 27.2 Å². The average Bonchev–Trinajstić information content (AvgIpc) is 3.06. The second-order valence-corrected chi connectivity index (χ2v) is 6.30. The molecular weight excluding hydrogens is 342 g/mol. The van der Waals surface area contributed by atoms with Gasteiger partial charge in [0.05, 0.1) is 11.8 Å². The molecule has 1 aromatic heterocycles. The molecule has 3 rings (SSSR count). The molecule has 1 heterocycles. The van der Waals surface area contributed by atoms with Crippen molar-refractivity contribution in [3.8, 4) is 27.9 Å². The predicted molar refractivity (Wildman–Crippen MR) is 96.9 cm³/mol. The Morgan fingerprint density at radius 3 is 2.46 bits per heavy atom. The molecule has 4 nitrogen and oxygen atoms in total. The number of nitrogens with one attached hydrogen (secondary N) is 1. The topological polar surface area (TPSA) is 65.8 Å². The van der Waals surface area contributed by atoms with Crippen molar-refractivity contribution < 1.29 is 4.79 Å². The van der Waals surface area contributed by atoms with Crippen LogP contribution in [0.25, 0.3) is 21.8 Å². The Morgan fingerprint density at radius 2 is 1.79 bits per heavy atom. The standard InChI is InChI=1S/C18H12ClN3OS/c19-14-5-1-13(2-6-14)18-22-16(11-24-18)12-3-7-15(8-4-12)21-17(23)9-10-20/h1-8,11H,9H2,(H,21,23). The van der Waals surface area contributed by atoms with Crippen molar-refractivity contribution in [1.82, 2.24) is 4.98 Å². The fourth-order valence-corrected chi connectivity index (χ4v) is 3.09. The number of benzene rings is 2. The summed E-state index contributed by atoms with van der Waals surface area (Å²) in [7, 11) is 0. The molecule has 118 valence electrons. The molecule has 0 bridgehead atoms. The summed E-state index contributed by atoms with van der Waals surface area (Å²) in [4.78, 5) is 16.0. The third kappa shape index (κ3) is 3.80. The SMILES string of the molecule is N#CCC(=O)Nc1ccc(-c2csc(-c3ccc(Cl)cc3)n2)cc1. The van der Waals surface area contributed by atoms with E-state index in [0.717, 1.165) is 21.8 Å². The van der Waals surface area contributed by atoms with Crippen molar-refractivity contribution >= 4 is 34.5 Å². The van der Waals surface area contributed by atoms with Gasteiger partial charge in [-0.1, -0.05) is 35.9 Å². The third-order valence-corrected chi connectivity index (χ3v) is 4.44. The lowest BCUT2D eigenvalue weighted by atomic mass is 10.1. The molecule has 0 aliphatic heterocycles. The normalized spacial score (nSPS) is 10.2. The third-order valence-electron chi connectivity index (χ3n) is 3.30. The number of carbonyl (C=O) groups is 1. The highest BCUT2D eigenvalue weighted by Crippen LogP contribution is 2.30. The number of thiazole rings is 1. The highest BCUT2D eigenvalue weighted by atomic mass is 35.5. The lowest BCUT2D eigenvalue weighted by Crippen LogP contribution is -2.09. The summed E-state index contributed by atoms with van der Waals surface area (Å²) in [5, 5.41) is 14.8. The number of nitriles is 1. The molecule has 1 N–H and O–H groups in total. The van der Waals surface area contributed by atoms with Crippen LogP contribution in [-0.4, -0.2) is 10.9 Å². The van der Waals surface area contributed by atoms with Gasteiger partial charge < -0.3 is 5.32 Å². The fourth-order valence-electron chi connectivity index (χ4n) is 2.13. The molecule has 2 aromatic carbocycles. The highest BCUT2D eigenvalue weighted by Gasteiger charge is 2.07. The minimum absolute atomic E-state index is 0.154. The molecule has 0 saturated carbocycles. The minimum atomic E-state index is -0.316. The molecule has 0 aliphatic carbocycles. The maximum absolute atomic E-state index is 11.4. The highest BCUT2D eigenvalue weighted by molar-refractivity contribution is 7.13. The van der Waals surface area contributed by atoms with E-state index in [1.807, 2.05) is 47.8 Å². The van der Waals surface area contributed by atoms with E-state index in [1.54, 1.807) is 23.5 Å². The first-order valence-electron chi connectivity index (χ1n) is 7.14. The molecule has 0 saturated heterocycles. The van der Waals surface area contributed by atoms with Crippen molar-refractivity contribution in [1.29, 1.82) is 5.26 Å². The molecule has 6 heteroatoms. The molecule has 3 aromatic rings. The van der Waals surface area contributed by atoms with Crippen LogP contribution >= 0.6 is 22.9 Å². The number of rotatable bonds is 4. The van der Waals surface area contributed by atoms with E-state index < -0.39 is 0 Å². The summed E-state index contributed by atoms with van der Waals surface area (Å²) in [5.74, 6) is -0.316. The summed E-state index contributed by atoms with van der Waals surface area (Å²) in [6.07, 6.45) is -0.154. The van der Waals surface area contributed by atoms with Crippen LogP contribution in [0, 0.1) is 11.3 Å². The Balaban J connectivity index is 1.77. The lowest BCUT2D eigenvalue weighted by molar-refractivity contribution is -0.115. The van der Waals surface area contributed by atoms with Crippen molar-refractivity contribution in [2.45, 2.75) is 6.42 Å². The van der Waals surface area contributed by atoms with Crippen LogP contribution in [-0.2, 0) is 4.79 Å². The van der Waals surface area contributed by atoms with Gasteiger partial charge >= 0.3 is 0 Å². The Bertz CT molecular complexity index is 895. The Kier molecular flexibility index (Phi) is 4.90. The zero-order valence-corrected chi connectivity index (χ0v) is 14.1. The first-order chi connectivity index (χ1) is 11.7. The first kappa shape index (κ1) is 16.2. The van der Waals surface area contributed by atoms with E-state index in [9.17, 15) is 4.79 Å². The number of aromatic nitrogens is 1. The second kappa shape index (κ2) is 7.26. The van der Waals surface area contributed by atoms with E-state index in [0.29, 0.717) is 10.7 Å². The number of halogens is 1. The van der Waals surface area contributed by atoms with E-state index in [4.69, 9.17) is 16.9 Å². The smallest absolute Gasteiger partial charge is 0.238 e. The minimum Gasteiger partial charge on any atom is -0.325 e. The number of nitrogens with zero attached hydrogens (tertiary/aromatic N) is 2. The molecule has 1 amide bonds. The Morgan fingerprint density at radius 1 is 1.12 bits per heavy atom. The number of hydrogen-bond donors (Lipinski definition) is 1. The van der Waals surface area contributed by atoms with E-state index in [-0.39, 0.29) is 12.3 Å². The molecular formula is C18H12ClN3OS. The number of carbonyl (C=O) groups excluding carboxylic acids is 1. The molecule has 0 radical (unpaired) electrons. The van der Waals surface area contributed by atoms with Gasteiger partial charge in [0.25, 0.3) is 0 Å². The maximum atomic E-state index is 11.4. The van der Waals surface area contributed by atoms with Gasteiger partial charge in [0.2, 0.25) is 5.91 Å². The quantitative estimate of drug-likeness (QED) is 0.719. The van der Waals surface area contributed by atoms with Crippen molar-refractivity contribution in [3.05, 3.63) is 58.9 Å². The van der Waals surface area contributed by atoms with Crippen molar-refractivity contribution in [2.75, 3.05) is 5.32 Å². The first-order valence-corrected chi connectivity index (χ1v) is 8.40. The van der Waals surface area contributed by atoms with Gasteiger partial charge in [0.15, 0.2) is 0 Å². The average molecular weight is 354 g/mol. The summed E-state index contributed by atoms with van der Waals surface area (Å²) in [6, 6.07) is 16.8. The van der Waals surface area contributed by atoms with Gasteiger partial charge in [-0.15, -0.1) is 11.3 Å². The van der Waals surface area contributed by atoms with E-state index >= 15 is 0 Å². The monoisotopic (exact) mass is 353 g/mol. The summed E-state index contributed by atoms with van der Waals surface area (Å²) < 4.78 is 0. The van der Waals surface area contributed by atoms with Crippen LogP contribution in [0.5, 0.6) is 0 Å². The van der Waals surface area contributed by atoms with Crippen LogP contribution in [0.2, 0.25) is 5.02 Å². The van der Waals surface area contributed by atoms with E-state index in [1.165, 1.54) is 0 Å². The van der Waals surface area contributed by atoms with Crippen LogP contribution in [0.3, 0.4) is 0 Å². The van der Waals surface area contributed by atoms with Crippen LogP contribution in [0.4, 0.5) is 5.69 Å². The Labute approximate surface area is 148 Å². The van der Waals surface area contributed by atoms with Gasteiger partial charge in [-0.05, 0) is 24.3 Å². The molecule has 0 spiro atoms. The van der Waals surface area contributed by atoms with Crippen LogP contribution in [0.1, 0.15) is 6.42 Å². The maximum Gasteiger partial charge on any atom is 0.238 e. The fraction of sp³-hybridized carbons (Fsp3) is 0.0556. The van der Waals surface area contributed by atoms with Crippen molar-refractivity contribution in [2.24, 2.45) is 0 Å². The summed E-state index contributed by atoms with van der Waals surface area (Å²) in [5.41, 5.74) is 3.52. The van der Waals surface area contributed by atoms with Gasteiger partial charge in [-0.3, -0.25) is 4.79 Å². The van der Waals surface area contributed by atoms with Gasteiger partial charge in [-0.2, -0.15) is 5.26 Å². The van der Waals surface area contributed by atoms with Gasteiger partial charge in [-0.25, -0.2) is 4.98 Å². The molecule has 0 aliphatic rings. The van der Waals surface area contributed by atoms with Gasteiger partial charge in [0.1, 0.15) is 11.4 Å². The molecule has 24 heavy (non-hydrogen) atoms. The Hall–Kier alpha value is -2.68. The zero-order chi connectivity index (χ0) is 16.9. The molecule has 0 fully saturated rings. The summed E-state index contributed by atoms with van der Waals surface area (Å²) in [6.45, 7) is 0. The van der Waals surface area contributed by atoms with Crippen LogP contribution in [0.15, 0.2) is 53.9 Å². The lowest BCUT2D eigenvalue weighted by Gasteiger charge is -2.03. The number of hydrogen-bond acceptors (Lipinski definition) is 4. The zero-order valence-electron chi connectivity index (χ0n) is 12.5. The number of anilines is 1. The number of amides is 1.